The number of carbonyl (C=O) groups excluding carboxylic acids is 2. The van der Waals surface area contributed by atoms with Crippen LogP contribution in [0.15, 0.2) is 66.2 Å². The van der Waals surface area contributed by atoms with Gasteiger partial charge in [-0.25, -0.2) is 0 Å². The molecule has 7 nitrogen and oxygen atoms in total. The molecule has 1 unspecified atom stereocenters. The van der Waals surface area contributed by atoms with Crippen LogP contribution in [-0.4, -0.2) is 37.1 Å². The Kier molecular flexibility index (Phi) is 7.45. The summed E-state index contributed by atoms with van der Waals surface area (Å²) in [5.41, 5.74) is 1.90. The van der Waals surface area contributed by atoms with E-state index in [2.05, 4.69) is 0 Å². The van der Waals surface area contributed by atoms with Crippen molar-refractivity contribution in [3.8, 4) is 17.2 Å². The lowest BCUT2D eigenvalue weighted by Crippen LogP contribution is -2.29. The standard InChI is InChI=1S/C29H28ClNO6/c1-16(2)37-21-11-6-8-18(14-21)25-24(26(32)22-12-17(3)13-23(30)28(22)36-5)27(33)29(34)31(25)19-9-7-10-20(15-19)35-4/h6-16,25,32H,1-5H3/b26-24+. The van der Waals surface area contributed by atoms with Gasteiger partial charge in [0.2, 0.25) is 0 Å². The van der Waals surface area contributed by atoms with Gasteiger partial charge in [-0.3, -0.25) is 14.5 Å². The van der Waals surface area contributed by atoms with Crippen molar-refractivity contribution in [1.29, 1.82) is 0 Å². The summed E-state index contributed by atoms with van der Waals surface area (Å²) < 4.78 is 16.7. The first-order valence-electron chi connectivity index (χ1n) is 11.7. The fourth-order valence-electron chi connectivity index (χ4n) is 4.46. The fourth-order valence-corrected chi connectivity index (χ4v) is 4.81. The van der Waals surface area contributed by atoms with Crippen molar-refractivity contribution >= 4 is 34.7 Å². The van der Waals surface area contributed by atoms with Crippen LogP contribution in [0.3, 0.4) is 0 Å². The lowest BCUT2D eigenvalue weighted by Gasteiger charge is -2.26. The number of anilines is 1. The van der Waals surface area contributed by atoms with Gasteiger partial charge in [-0.2, -0.15) is 0 Å². The highest BCUT2D eigenvalue weighted by Crippen LogP contribution is 2.45. The summed E-state index contributed by atoms with van der Waals surface area (Å²) in [5.74, 6) is -0.714. The second kappa shape index (κ2) is 10.6. The maximum Gasteiger partial charge on any atom is 0.300 e. The number of hydrogen-bond donors (Lipinski definition) is 1. The molecule has 8 heteroatoms. The first-order valence-corrected chi connectivity index (χ1v) is 12.1. The largest absolute Gasteiger partial charge is 0.507 e. The van der Waals surface area contributed by atoms with Crippen LogP contribution in [0.25, 0.3) is 5.76 Å². The van der Waals surface area contributed by atoms with Crippen LogP contribution in [0.1, 0.15) is 36.6 Å². The van der Waals surface area contributed by atoms with Crippen molar-refractivity contribution in [1.82, 2.24) is 0 Å². The van der Waals surface area contributed by atoms with Crippen molar-refractivity contribution in [3.63, 3.8) is 0 Å². The maximum absolute atomic E-state index is 13.5. The predicted molar refractivity (Wildman–Crippen MR) is 143 cm³/mol. The normalized spacial score (nSPS) is 16.8. The number of ether oxygens (including phenoxy) is 3. The highest BCUT2D eigenvalue weighted by molar-refractivity contribution is 6.51. The van der Waals surface area contributed by atoms with Crippen LogP contribution >= 0.6 is 11.6 Å². The molecule has 3 aromatic carbocycles. The summed E-state index contributed by atoms with van der Waals surface area (Å²) in [6, 6.07) is 16.4. The Morgan fingerprint density at radius 3 is 2.35 bits per heavy atom. The number of aliphatic hydroxyl groups is 1. The van der Waals surface area contributed by atoms with Crippen LogP contribution in [0, 0.1) is 6.92 Å². The summed E-state index contributed by atoms with van der Waals surface area (Å²) in [6.07, 6.45) is -0.0845. The molecular formula is C29H28ClNO6. The Labute approximate surface area is 220 Å². The number of methoxy groups -OCH3 is 2. The molecule has 37 heavy (non-hydrogen) atoms. The number of benzene rings is 3. The zero-order valence-corrected chi connectivity index (χ0v) is 22.0. The van der Waals surface area contributed by atoms with Gasteiger partial charge in [0.15, 0.2) is 0 Å². The maximum atomic E-state index is 13.5. The predicted octanol–water partition coefficient (Wildman–Crippen LogP) is 6.08. The van der Waals surface area contributed by atoms with E-state index < -0.39 is 17.7 Å². The van der Waals surface area contributed by atoms with Gasteiger partial charge in [0.05, 0.1) is 42.5 Å². The summed E-state index contributed by atoms with van der Waals surface area (Å²) in [6.45, 7) is 5.62. The van der Waals surface area contributed by atoms with Gasteiger partial charge >= 0.3 is 0 Å². The second-order valence-electron chi connectivity index (χ2n) is 8.94. The molecule has 1 amide bonds. The van der Waals surface area contributed by atoms with Gasteiger partial charge in [0.1, 0.15) is 23.0 Å². The molecule has 0 saturated carbocycles. The van der Waals surface area contributed by atoms with Crippen LogP contribution in [-0.2, 0) is 9.59 Å². The first kappa shape index (κ1) is 26.1. The Hall–Kier alpha value is -3.97. The first-order chi connectivity index (χ1) is 17.7. The number of Topliss-reactive ketones (excluding diaryl/α,β-unsaturated/α-hetero) is 1. The summed E-state index contributed by atoms with van der Waals surface area (Å²) in [4.78, 5) is 28.4. The van der Waals surface area contributed by atoms with E-state index in [4.69, 9.17) is 25.8 Å². The fraction of sp³-hybridized carbons (Fsp3) is 0.241. The van der Waals surface area contributed by atoms with Crippen molar-refractivity contribution in [3.05, 3.63) is 87.9 Å². The summed E-state index contributed by atoms with van der Waals surface area (Å²) in [5, 5.41) is 11.8. The number of halogens is 1. The van der Waals surface area contributed by atoms with Gasteiger partial charge in [0.25, 0.3) is 11.7 Å². The van der Waals surface area contributed by atoms with Gasteiger partial charge in [0, 0.05) is 11.8 Å². The minimum absolute atomic E-state index is 0.0845. The molecular weight excluding hydrogens is 494 g/mol. The molecule has 1 heterocycles. The Bertz CT molecular complexity index is 1400. The third-order valence-corrected chi connectivity index (χ3v) is 6.25. The molecule has 1 saturated heterocycles. The van der Waals surface area contributed by atoms with Gasteiger partial charge in [-0.1, -0.05) is 29.8 Å². The topological polar surface area (TPSA) is 85.3 Å². The molecule has 1 aliphatic rings. The van der Waals surface area contributed by atoms with E-state index in [1.165, 1.54) is 19.1 Å². The lowest BCUT2D eigenvalue weighted by atomic mass is 9.94. The zero-order valence-electron chi connectivity index (χ0n) is 21.2. The number of aliphatic hydroxyl groups excluding tert-OH is 1. The third-order valence-electron chi connectivity index (χ3n) is 5.97. The van der Waals surface area contributed by atoms with E-state index in [-0.39, 0.29) is 33.8 Å². The van der Waals surface area contributed by atoms with E-state index in [9.17, 15) is 14.7 Å². The Balaban J connectivity index is 2.00. The number of aryl methyl sites for hydroxylation is 1. The van der Waals surface area contributed by atoms with Gasteiger partial charge in [-0.05, 0) is 68.3 Å². The number of amides is 1. The molecule has 4 rings (SSSR count). The van der Waals surface area contributed by atoms with E-state index in [0.717, 1.165) is 5.56 Å². The molecule has 1 fully saturated rings. The van der Waals surface area contributed by atoms with Crippen molar-refractivity contribution in [2.45, 2.75) is 32.9 Å². The summed E-state index contributed by atoms with van der Waals surface area (Å²) >= 11 is 6.38. The Morgan fingerprint density at radius 1 is 0.973 bits per heavy atom. The molecule has 0 spiro atoms. The molecule has 1 aliphatic heterocycles. The summed E-state index contributed by atoms with van der Waals surface area (Å²) in [7, 11) is 2.94. The highest BCUT2D eigenvalue weighted by atomic mass is 35.5. The second-order valence-corrected chi connectivity index (χ2v) is 9.34. The number of rotatable bonds is 7. The zero-order chi connectivity index (χ0) is 26.9. The van der Waals surface area contributed by atoms with Gasteiger partial charge in [-0.15, -0.1) is 0 Å². The quantitative estimate of drug-likeness (QED) is 0.230. The number of hydrogen-bond acceptors (Lipinski definition) is 6. The minimum Gasteiger partial charge on any atom is -0.507 e. The molecule has 1 N–H and O–H groups in total. The molecule has 3 aromatic rings. The minimum atomic E-state index is -0.952. The number of carbonyl (C=O) groups is 2. The monoisotopic (exact) mass is 521 g/mol. The average Bonchev–Trinajstić information content (AvgIpc) is 3.13. The van der Waals surface area contributed by atoms with Crippen molar-refractivity contribution in [2.75, 3.05) is 19.1 Å². The van der Waals surface area contributed by atoms with Crippen LogP contribution in [0.4, 0.5) is 5.69 Å². The molecule has 0 aromatic heterocycles. The number of nitrogens with zero attached hydrogens (tertiary/aromatic N) is 1. The SMILES string of the molecule is COc1cccc(N2C(=O)C(=O)/C(=C(/O)c3cc(C)cc(Cl)c3OC)C2c2cccc(OC(C)C)c2)c1. The number of ketones is 1. The van der Waals surface area contributed by atoms with Crippen LogP contribution in [0.5, 0.6) is 17.2 Å². The Morgan fingerprint density at radius 2 is 1.68 bits per heavy atom. The highest BCUT2D eigenvalue weighted by Gasteiger charge is 2.47. The van der Waals surface area contributed by atoms with Crippen LogP contribution < -0.4 is 19.1 Å². The third kappa shape index (κ3) is 5.00. The van der Waals surface area contributed by atoms with Crippen molar-refractivity contribution < 1.29 is 28.9 Å². The van der Waals surface area contributed by atoms with Gasteiger partial charge < -0.3 is 19.3 Å². The smallest absolute Gasteiger partial charge is 0.300 e. The van der Waals surface area contributed by atoms with Crippen LogP contribution in [0.2, 0.25) is 5.02 Å². The molecule has 1 atom stereocenters. The molecule has 192 valence electrons. The lowest BCUT2D eigenvalue weighted by molar-refractivity contribution is -0.132. The van der Waals surface area contributed by atoms with E-state index in [1.807, 2.05) is 13.8 Å². The van der Waals surface area contributed by atoms with E-state index >= 15 is 0 Å². The van der Waals surface area contributed by atoms with Crippen molar-refractivity contribution in [2.24, 2.45) is 0 Å². The van der Waals surface area contributed by atoms with E-state index in [0.29, 0.717) is 22.7 Å². The molecule has 0 aliphatic carbocycles. The van der Waals surface area contributed by atoms with E-state index in [1.54, 1.807) is 67.6 Å². The molecule has 0 radical (unpaired) electrons. The average molecular weight is 522 g/mol. The molecule has 0 bridgehead atoms.